The van der Waals surface area contributed by atoms with Crippen LogP contribution in [0.2, 0.25) is 10.6 Å². The maximum atomic E-state index is 6.30. The van der Waals surface area contributed by atoms with Crippen molar-refractivity contribution in [2.75, 3.05) is 0 Å². The van der Waals surface area contributed by atoms with Crippen LogP contribution in [-0.4, -0.2) is 20.6 Å². The van der Waals surface area contributed by atoms with Gasteiger partial charge in [0.1, 0.15) is 0 Å². The molecule has 0 amide bonds. The Hall–Kier alpha value is 0.492. The smallest absolute Gasteiger partial charge is 0.460 e. The molecule has 1 nitrogen and oxygen atoms in total. The van der Waals surface area contributed by atoms with Crippen LogP contribution in [0.1, 0.15) is 85.5 Å². The van der Waals surface area contributed by atoms with Crippen LogP contribution in [0.15, 0.2) is 0 Å². The molecule has 2 heteroatoms. The molecule has 108 valence electrons. The normalized spacial score (nSPS) is 12.7. The van der Waals surface area contributed by atoms with Gasteiger partial charge in [-0.1, -0.05) is 82.7 Å². The van der Waals surface area contributed by atoms with E-state index in [0.29, 0.717) is 6.10 Å². The van der Waals surface area contributed by atoms with Gasteiger partial charge in [0, 0.05) is 6.10 Å². The van der Waals surface area contributed by atoms with Gasteiger partial charge >= 0.3 is 14.5 Å². The maximum absolute atomic E-state index is 6.30. The lowest BCUT2D eigenvalue weighted by molar-refractivity contribution is 0.214. The highest BCUT2D eigenvalue weighted by molar-refractivity contribution is 6.51. The molecule has 0 aliphatic rings. The van der Waals surface area contributed by atoms with E-state index in [2.05, 4.69) is 27.7 Å². The molecule has 0 rings (SSSR count). The monoisotopic (exact) mass is 270 g/mol. The summed E-state index contributed by atoms with van der Waals surface area (Å²) >= 11 is -0.895. The molecule has 0 bridgehead atoms. The quantitative estimate of drug-likeness (QED) is 0.296. The summed E-state index contributed by atoms with van der Waals surface area (Å²) in [5, 5.41) is 2.83. The van der Waals surface area contributed by atoms with Crippen LogP contribution in [0.3, 0.4) is 0 Å². The van der Waals surface area contributed by atoms with E-state index in [1.54, 1.807) is 0 Å². The lowest BCUT2D eigenvalue weighted by Crippen LogP contribution is -2.23. The van der Waals surface area contributed by atoms with E-state index >= 15 is 0 Å². The summed E-state index contributed by atoms with van der Waals surface area (Å²) < 4.78 is 6.30. The van der Waals surface area contributed by atoms with Gasteiger partial charge in [0.15, 0.2) is 0 Å². The van der Waals surface area contributed by atoms with Crippen LogP contribution in [-0.2, 0) is 3.79 Å². The minimum Gasteiger partial charge on any atom is -0.498 e. The number of rotatable bonds is 13. The molecule has 0 radical (unpaired) electrons. The molecule has 0 aliphatic carbocycles. The van der Waals surface area contributed by atoms with Gasteiger partial charge in [0.05, 0.1) is 0 Å². The largest absolute Gasteiger partial charge is 0.498 e. The summed E-state index contributed by atoms with van der Waals surface area (Å²) in [4.78, 5) is 0. The Morgan fingerprint density at radius 3 is 1.67 bits per heavy atom. The van der Waals surface area contributed by atoms with Gasteiger partial charge in [-0.25, -0.2) is 0 Å². The minimum atomic E-state index is -0.895. The summed E-state index contributed by atoms with van der Waals surface area (Å²) in [6.45, 7) is 9.06. The van der Waals surface area contributed by atoms with Crippen molar-refractivity contribution in [2.45, 2.75) is 102 Å². The Morgan fingerprint density at radius 1 is 0.778 bits per heavy atom. The van der Waals surface area contributed by atoms with Crippen LogP contribution >= 0.6 is 0 Å². The van der Waals surface area contributed by atoms with Gasteiger partial charge in [-0.3, -0.25) is 0 Å². The van der Waals surface area contributed by atoms with Crippen LogP contribution in [0.4, 0.5) is 0 Å². The molecule has 18 heavy (non-hydrogen) atoms. The first-order valence-electron chi connectivity index (χ1n) is 8.39. The molecule has 0 aromatic carbocycles. The van der Waals surface area contributed by atoms with E-state index in [0.717, 1.165) is 0 Å². The predicted molar refractivity (Wildman–Crippen MR) is 84.5 cm³/mol. The fourth-order valence-electron chi connectivity index (χ4n) is 2.30. The minimum absolute atomic E-state index is 0.499. The summed E-state index contributed by atoms with van der Waals surface area (Å²) in [6, 6.07) is 0. The number of unbranched alkanes of at least 4 members (excludes halogenated alkanes) is 6. The van der Waals surface area contributed by atoms with Crippen molar-refractivity contribution < 1.29 is 3.79 Å². The third kappa shape index (κ3) is 11.6. The summed E-state index contributed by atoms with van der Waals surface area (Å²) in [5.74, 6) is 0. The van der Waals surface area contributed by atoms with Gasteiger partial charge in [0.25, 0.3) is 0 Å². The zero-order valence-corrected chi connectivity index (χ0v) is 14.5. The second-order valence-corrected chi connectivity index (χ2v) is 8.35. The molecule has 0 aromatic heterocycles. The Morgan fingerprint density at radius 2 is 1.28 bits per heavy atom. The number of hydrogen-bond donors (Lipinski definition) is 0. The van der Waals surface area contributed by atoms with Gasteiger partial charge in [-0.2, -0.15) is 0 Å². The molecule has 0 aliphatic heterocycles. The summed E-state index contributed by atoms with van der Waals surface area (Å²) in [6.07, 6.45) is 12.8. The van der Waals surface area contributed by atoms with Crippen molar-refractivity contribution in [1.82, 2.24) is 0 Å². The SMILES string of the molecule is CCCCC[CH2][Al]([CH2]CCCCC)[O]C(C)CC. The average Bonchev–Trinajstić information content (AvgIpc) is 2.39. The Labute approximate surface area is 120 Å². The summed E-state index contributed by atoms with van der Waals surface area (Å²) in [5.41, 5.74) is 0. The van der Waals surface area contributed by atoms with Crippen LogP contribution in [0.25, 0.3) is 0 Å². The highest BCUT2D eigenvalue weighted by Gasteiger charge is 2.21. The fourth-order valence-corrected chi connectivity index (χ4v) is 5.20. The first-order valence-corrected chi connectivity index (χ1v) is 10.5. The van der Waals surface area contributed by atoms with Crippen molar-refractivity contribution in [2.24, 2.45) is 0 Å². The van der Waals surface area contributed by atoms with Gasteiger partial charge < -0.3 is 3.79 Å². The molecule has 1 unspecified atom stereocenters. The van der Waals surface area contributed by atoms with Crippen molar-refractivity contribution in [3.63, 3.8) is 0 Å². The highest BCUT2D eigenvalue weighted by atomic mass is 27.2. The zero-order chi connectivity index (χ0) is 13.6. The molecule has 0 saturated heterocycles. The van der Waals surface area contributed by atoms with Crippen molar-refractivity contribution in [1.29, 1.82) is 0 Å². The van der Waals surface area contributed by atoms with Crippen molar-refractivity contribution >= 4 is 14.5 Å². The molecule has 0 fully saturated rings. The molecule has 0 heterocycles. The van der Waals surface area contributed by atoms with E-state index in [1.807, 2.05) is 0 Å². The molecule has 1 atom stereocenters. The second kappa shape index (κ2) is 13.9. The zero-order valence-electron chi connectivity index (χ0n) is 13.3. The Bertz CT molecular complexity index is 149. The Kier molecular flexibility index (Phi) is 14.3. The molecule has 0 spiro atoms. The summed E-state index contributed by atoms with van der Waals surface area (Å²) in [7, 11) is 0. The fraction of sp³-hybridized carbons (Fsp3) is 1.00. The highest BCUT2D eigenvalue weighted by Crippen LogP contribution is 2.16. The van der Waals surface area contributed by atoms with Crippen LogP contribution < -0.4 is 0 Å². The third-order valence-electron chi connectivity index (χ3n) is 3.76. The first-order chi connectivity index (χ1) is 8.74. The van der Waals surface area contributed by atoms with Gasteiger partial charge in [0.2, 0.25) is 0 Å². The molecular weight excluding hydrogens is 235 g/mol. The van der Waals surface area contributed by atoms with Gasteiger partial charge in [-0.05, 0) is 13.3 Å². The molecule has 0 N–H and O–H groups in total. The topological polar surface area (TPSA) is 9.23 Å². The van der Waals surface area contributed by atoms with E-state index in [4.69, 9.17) is 3.79 Å². The third-order valence-corrected chi connectivity index (χ3v) is 6.71. The Balaban J connectivity index is 3.77. The maximum Gasteiger partial charge on any atom is 0.460 e. The van der Waals surface area contributed by atoms with E-state index in [-0.39, 0.29) is 0 Å². The lowest BCUT2D eigenvalue weighted by atomic mass is 10.2. The van der Waals surface area contributed by atoms with Crippen LogP contribution in [0, 0.1) is 0 Å². The van der Waals surface area contributed by atoms with E-state index < -0.39 is 14.5 Å². The van der Waals surface area contributed by atoms with Gasteiger partial charge in [-0.15, -0.1) is 0 Å². The van der Waals surface area contributed by atoms with E-state index in [1.165, 1.54) is 68.4 Å². The molecular formula is C16H35AlO. The number of hydrogen-bond acceptors (Lipinski definition) is 1. The second-order valence-electron chi connectivity index (χ2n) is 5.68. The standard InChI is InChI=1S/2C6H13.C4H9O.Al/c2*1-3-5-6-4-2;1-3-4(2)5;/h2*1,3-6H2,2H3;4H,3H2,1-2H3;/q;;-1;+1. The van der Waals surface area contributed by atoms with Crippen molar-refractivity contribution in [3.8, 4) is 0 Å². The molecule has 0 aromatic rings. The molecule has 0 saturated carbocycles. The van der Waals surface area contributed by atoms with Crippen LogP contribution in [0.5, 0.6) is 0 Å². The van der Waals surface area contributed by atoms with E-state index in [9.17, 15) is 0 Å². The first kappa shape index (κ1) is 18.5. The van der Waals surface area contributed by atoms with Crippen molar-refractivity contribution in [3.05, 3.63) is 0 Å². The lowest BCUT2D eigenvalue weighted by Gasteiger charge is -2.18. The average molecular weight is 270 g/mol. The predicted octanol–water partition coefficient (Wildman–Crippen LogP) is 5.95.